The molecule has 3 heterocycles. The minimum absolute atomic E-state index is 0.0360. The van der Waals surface area contributed by atoms with Crippen molar-refractivity contribution in [3.8, 4) is 11.3 Å². The number of fused-ring (bicyclic) bond motifs is 2. The predicted octanol–water partition coefficient (Wildman–Crippen LogP) is 2.81. The molecule has 2 N–H and O–H groups in total. The zero-order valence-electron chi connectivity index (χ0n) is 14.7. The molecule has 0 amide bonds. The molecule has 7 heteroatoms. The maximum absolute atomic E-state index is 12.5. The van der Waals surface area contributed by atoms with Crippen LogP contribution in [0, 0.1) is 0 Å². The van der Waals surface area contributed by atoms with Crippen molar-refractivity contribution in [3.05, 3.63) is 53.2 Å². The number of aromatic amines is 1. The lowest BCUT2D eigenvalue weighted by Gasteiger charge is -2.25. The van der Waals surface area contributed by atoms with Crippen LogP contribution in [0.5, 0.6) is 0 Å². The number of H-pyrrole nitrogens is 1. The highest BCUT2D eigenvalue weighted by atomic mass is 16.3. The van der Waals surface area contributed by atoms with E-state index in [1.54, 1.807) is 17.0 Å². The number of rotatable bonds is 2. The minimum atomic E-state index is -0.271. The molecular formula is C20H19N5O2. The number of hydrogen-bond acceptors (Lipinski definition) is 5. The third-order valence-corrected chi connectivity index (χ3v) is 5.34. The summed E-state index contributed by atoms with van der Waals surface area (Å²) in [5.41, 5.74) is 3.33. The number of nitrogens with zero attached hydrogens (tertiary/aromatic N) is 4. The van der Waals surface area contributed by atoms with E-state index in [2.05, 4.69) is 15.0 Å². The van der Waals surface area contributed by atoms with Crippen LogP contribution in [0.3, 0.4) is 0 Å². The second kappa shape index (κ2) is 6.28. The Morgan fingerprint density at radius 2 is 1.89 bits per heavy atom. The maximum atomic E-state index is 12.5. The molecule has 27 heavy (non-hydrogen) atoms. The van der Waals surface area contributed by atoms with Crippen LogP contribution in [0.2, 0.25) is 0 Å². The molecule has 1 fully saturated rings. The normalized spacial score (nSPS) is 20.3. The highest BCUT2D eigenvalue weighted by molar-refractivity contribution is 5.83. The molecule has 5 rings (SSSR count). The molecule has 0 bridgehead atoms. The molecule has 0 unspecified atom stereocenters. The van der Waals surface area contributed by atoms with Gasteiger partial charge in [-0.25, -0.2) is 14.8 Å². The summed E-state index contributed by atoms with van der Waals surface area (Å²) in [6, 6.07) is 9.98. The first-order valence-electron chi connectivity index (χ1n) is 9.19. The Balaban J connectivity index is 1.61. The maximum Gasteiger partial charge on any atom is 0.329 e. The van der Waals surface area contributed by atoms with Gasteiger partial charge < -0.3 is 5.11 Å². The first-order valence-corrected chi connectivity index (χ1v) is 9.19. The average Bonchev–Trinajstić information content (AvgIpc) is 3.03. The molecule has 0 spiro atoms. The molecule has 136 valence electrons. The van der Waals surface area contributed by atoms with Crippen molar-refractivity contribution >= 4 is 22.2 Å². The highest BCUT2D eigenvalue weighted by Gasteiger charge is 2.25. The van der Waals surface area contributed by atoms with Crippen LogP contribution in [0.25, 0.3) is 33.5 Å². The van der Waals surface area contributed by atoms with Crippen molar-refractivity contribution in [3.63, 3.8) is 0 Å². The van der Waals surface area contributed by atoms with Crippen LogP contribution in [-0.4, -0.2) is 35.7 Å². The number of nitrogens with one attached hydrogen (secondary N) is 1. The Kier molecular flexibility index (Phi) is 3.75. The van der Waals surface area contributed by atoms with Crippen LogP contribution < -0.4 is 5.69 Å². The lowest BCUT2D eigenvalue weighted by Crippen LogP contribution is -2.27. The predicted molar refractivity (Wildman–Crippen MR) is 102 cm³/mol. The van der Waals surface area contributed by atoms with Gasteiger partial charge in [0.25, 0.3) is 0 Å². The largest absolute Gasteiger partial charge is 0.393 e. The summed E-state index contributed by atoms with van der Waals surface area (Å²) in [5, 5.41) is 10.8. The van der Waals surface area contributed by atoms with Gasteiger partial charge in [0, 0.05) is 23.2 Å². The number of hydrogen-bond donors (Lipinski definition) is 2. The summed E-state index contributed by atoms with van der Waals surface area (Å²) >= 11 is 0. The molecule has 4 aromatic rings. The third kappa shape index (κ3) is 2.80. The van der Waals surface area contributed by atoms with Crippen LogP contribution >= 0.6 is 0 Å². The van der Waals surface area contributed by atoms with Crippen LogP contribution in [0.4, 0.5) is 0 Å². The molecule has 0 radical (unpaired) electrons. The Labute approximate surface area is 154 Å². The molecule has 1 aliphatic rings. The molecule has 3 aromatic heterocycles. The number of para-hydroxylation sites is 1. The van der Waals surface area contributed by atoms with Gasteiger partial charge in [-0.3, -0.25) is 14.5 Å². The number of aliphatic hydroxyl groups excluding tert-OH is 1. The lowest BCUT2D eigenvalue weighted by molar-refractivity contribution is 0.111. The SMILES string of the molecule is O=c1[nH]c2ncc(-c3cnc4ccccc4c3)nc2n1[C@H]1CC[C@@H](O)CC1. The van der Waals surface area contributed by atoms with Crippen LogP contribution in [0.15, 0.2) is 47.5 Å². The van der Waals surface area contributed by atoms with Crippen molar-refractivity contribution in [2.24, 2.45) is 0 Å². The van der Waals surface area contributed by atoms with E-state index in [9.17, 15) is 9.90 Å². The van der Waals surface area contributed by atoms with E-state index in [4.69, 9.17) is 4.98 Å². The van der Waals surface area contributed by atoms with Gasteiger partial charge in [-0.15, -0.1) is 0 Å². The molecule has 1 aromatic carbocycles. The Morgan fingerprint density at radius 1 is 1.07 bits per heavy atom. The van der Waals surface area contributed by atoms with Crippen molar-refractivity contribution in [1.29, 1.82) is 0 Å². The van der Waals surface area contributed by atoms with Gasteiger partial charge in [0.2, 0.25) is 0 Å². The van der Waals surface area contributed by atoms with E-state index in [0.29, 0.717) is 29.8 Å². The summed E-state index contributed by atoms with van der Waals surface area (Å²) in [6.45, 7) is 0. The van der Waals surface area contributed by atoms with Crippen LogP contribution in [0.1, 0.15) is 31.7 Å². The Morgan fingerprint density at radius 3 is 2.74 bits per heavy atom. The first kappa shape index (κ1) is 16.1. The quantitative estimate of drug-likeness (QED) is 0.572. The van der Waals surface area contributed by atoms with Gasteiger partial charge in [-0.2, -0.15) is 0 Å². The lowest BCUT2D eigenvalue weighted by atomic mass is 9.93. The number of pyridine rings is 1. The second-order valence-corrected chi connectivity index (χ2v) is 7.11. The fraction of sp³-hybridized carbons (Fsp3) is 0.300. The second-order valence-electron chi connectivity index (χ2n) is 7.11. The Hall–Kier alpha value is -3.06. The molecule has 1 aliphatic carbocycles. The van der Waals surface area contributed by atoms with Gasteiger partial charge >= 0.3 is 5.69 Å². The average molecular weight is 361 g/mol. The smallest absolute Gasteiger partial charge is 0.329 e. The monoisotopic (exact) mass is 361 g/mol. The topological polar surface area (TPSA) is 96.7 Å². The zero-order chi connectivity index (χ0) is 18.4. The summed E-state index contributed by atoms with van der Waals surface area (Å²) in [4.78, 5) is 28.9. The van der Waals surface area contributed by atoms with Crippen molar-refractivity contribution in [2.45, 2.75) is 37.8 Å². The summed E-state index contributed by atoms with van der Waals surface area (Å²) in [5.74, 6) is 0. The van der Waals surface area contributed by atoms with E-state index in [-0.39, 0.29) is 17.8 Å². The van der Waals surface area contributed by atoms with Crippen molar-refractivity contribution < 1.29 is 5.11 Å². The molecule has 0 atom stereocenters. The fourth-order valence-electron chi connectivity index (χ4n) is 3.90. The van der Waals surface area contributed by atoms with Crippen LogP contribution in [-0.2, 0) is 0 Å². The Bertz CT molecular complexity index is 1190. The van der Waals surface area contributed by atoms with Gasteiger partial charge in [0.05, 0.1) is 23.5 Å². The molecule has 0 saturated heterocycles. The standard InChI is InChI=1S/C20H19N5O2/c26-15-7-5-14(6-8-15)25-19-18(24-20(25)27)22-11-17(23-19)13-9-12-3-1-2-4-16(12)21-10-13/h1-4,9-11,14-15,26H,5-8H2,(H,22,24,27)/t14-,15+. The number of aliphatic hydroxyl groups is 1. The summed E-state index contributed by atoms with van der Waals surface area (Å²) in [7, 11) is 0. The number of benzene rings is 1. The van der Waals surface area contributed by atoms with E-state index in [1.807, 2.05) is 30.3 Å². The van der Waals surface area contributed by atoms with Gasteiger partial charge in [-0.05, 0) is 37.8 Å². The van der Waals surface area contributed by atoms with Gasteiger partial charge in [0.1, 0.15) is 0 Å². The van der Waals surface area contributed by atoms with Gasteiger partial charge in [-0.1, -0.05) is 18.2 Å². The molecular weight excluding hydrogens is 342 g/mol. The highest BCUT2D eigenvalue weighted by Crippen LogP contribution is 2.29. The van der Waals surface area contributed by atoms with Crippen molar-refractivity contribution in [2.75, 3.05) is 0 Å². The van der Waals surface area contributed by atoms with E-state index >= 15 is 0 Å². The van der Waals surface area contributed by atoms with Gasteiger partial charge in [0.15, 0.2) is 11.3 Å². The summed E-state index contributed by atoms with van der Waals surface area (Å²) < 4.78 is 1.70. The summed E-state index contributed by atoms with van der Waals surface area (Å²) in [6.07, 6.45) is 6.10. The minimum Gasteiger partial charge on any atom is -0.393 e. The fourth-order valence-corrected chi connectivity index (χ4v) is 3.90. The number of aromatic nitrogens is 5. The number of imidazole rings is 1. The third-order valence-electron chi connectivity index (χ3n) is 5.34. The molecule has 0 aliphatic heterocycles. The zero-order valence-corrected chi connectivity index (χ0v) is 14.7. The van der Waals surface area contributed by atoms with E-state index < -0.39 is 0 Å². The van der Waals surface area contributed by atoms with Crippen molar-refractivity contribution in [1.82, 2.24) is 24.5 Å². The molecule has 7 nitrogen and oxygen atoms in total. The first-order chi connectivity index (χ1) is 13.2. The van der Waals surface area contributed by atoms with E-state index in [0.717, 1.165) is 29.3 Å². The molecule has 1 saturated carbocycles. The van der Waals surface area contributed by atoms with E-state index in [1.165, 1.54) is 0 Å².